The number of hydroxylamine groups is 2. The molecule has 0 radical (unpaired) electrons. The first kappa shape index (κ1) is 16.6. The van der Waals surface area contributed by atoms with Crippen LogP contribution in [0.25, 0.3) is 0 Å². The lowest BCUT2D eigenvalue weighted by atomic mass is 10.00. The minimum atomic E-state index is -0.712. The fraction of sp³-hybridized carbons (Fsp3) is 0.846. The lowest BCUT2D eigenvalue weighted by Crippen LogP contribution is -2.58. The normalized spacial score (nSPS) is 21.3. The fourth-order valence-electron chi connectivity index (χ4n) is 2.75. The standard InChI is InChI=1S/C13H26N4O3/c1-6-7-8-9-16-12(19)15(5)10(13(16,2)3)17(20)11(18)14-4/h10,20H,6-9H2,1-5H3,(H,14,18). The van der Waals surface area contributed by atoms with Crippen molar-refractivity contribution in [3.63, 3.8) is 0 Å². The summed E-state index contributed by atoms with van der Waals surface area (Å²) in [5, 5.41) is 13.0. The van der Waals surface area contributed by atoms with Crippen LogP contribution < -0.4 is 5.32 Å². The van der Waals surface area contributed by atoms with Crippen molar-refractivity contribution in [2.75, 3.05) is 20.6 Å². The van der Waals surface area contributed by atoms with E-state index in [4.69, 9.17) is 0 Å². The van der Waals surface area contributed by atoms with E-state index in [0.717, 1.165) is 19.3 Å². The zero-order chi connectivity index (χ0) is 15.5. The molecule has 1 heterocycles. The van der Waals surface area contributed by atoms with Crippen molar-refractivity contribution >= 4 is 12.1 Å². The van der Waals surface area contributed by atoms with Crippen molar-refractivity contribution in [2.45, 2.75) is 51.7 Å². The van der Waals surface area contributed by atoms with Crippen LogP contribution in [0.15, 0.2) is 0 Å². The minimum Gasteiger partial charge on any atom is -0.339 e. The van der Waals surface area contributed by atoms with Crippen LogP contribution in [0.5, 0.6) is 0 Å². The summed E-state index contributed by atoms with van der Waals surface area (Å²) < 4.78 is 0. The molecule has 2 N–H and O–H groups in total. The Labute approximate surface area is 120 Å². The van der Waals surface area contributed by atoms with E-state index in [1.807, 2.05) is 13.8 Å². The maximum Gasteiger partial charge on any atom is 0.342 e. The lowest BCUT2D eigenvalue weighted by molar-refractivity contribution is -0.129. The van der Waals surface area contributed by atoms with E-state index >= 15 is 0 Å². The Morgan fingerprint density at radius 2 is 2.05 bits per heavy atom. The Bertz CT molecular complexity index is 373. The molecule has 0 aliphatic carbocycles. The van der Waals surface area contributed by atoms with Crippen LogP contribution in [0.4, 0.5) is 9.59 Å². The first-order valence-electron chi connectivity index (χ1n) is 7.03. The number of rotatable bonds is 5. The highest BCUT2D eigenvalue weighted by Crippen LogP contribution is 2.33. The van der Waals surface area contributed by atoms with Gasteiger partial charge >= 0.3 is 12.1 Å². The predicted molar refractivity (Wildman–Crippen MR) is 75.3 cm³/mol. The van der Waals surface area contributed by atoms with Crippen molar-refractivity contribution in [3.05, 3.63) is 0 Å². The first-order valence-corrected chi connectivity index (χ1v) is 7.03. The summed E-state index contributed by atoms with van der Waals surface area (Å²) in [7, 11) is 3.04. The summed E-state index contributed by atoms with van der Waals surface area (Å²) in [5.41, 5.74) is -0.652. The number of likely N-dealkylation sites (N-methyl/N-ethyl adjacent to an activating group) is 1. The molecule has 0 aromatic heterocycles. The molecule has 1 rings (SSSR count). The van der Waals surface area contributed by atoms with Gasteiger partial charge in [-0.3, -0.25) is 5.21 Å². The van der Waals surface area contributed by atoms with Gasteiger partial charge in [0.1, 0.15) is 0 Å². The highest BCUT2D eigenvalue weighted by atomic mass is 16.5. The number of carbonyl (C=O) groups is 2. The molecule has 0 saturated carbocycles. The van der Waals surface area contributed by atoms with Gasteiger partial charge in [-0.25, -0.2) is 9.59 Å². The largest absolute Gasteiger partial charge is 0.342 e. The molecule has 1 saturated heterocycles. The second-order valence-electron chi connectivity index (χ2n) is 5.68. The fourth-order valence-corrected chi connectivity index (χ4v) is 2.75. The molecule has 1 fully saturated rings. The first-order chi connectivity index (χ1) is 9.28. The van der Waals surface area contributed by atoms with Gasteiger partial charge in [0.05, 0.1) is 5.54 Å². The van der Waals surface area contributed by atoms with Crippen molar-refractivity contribution < 1.29 is 14.8 Å². The number of urea groups is 2. The van der Waals surface area contributed by atoms with Gasteiger partial charge in [-0.05, 0) is 20.3 Å². The molecule has 0 spiro atoms. The predicted octanol–water partition coefficient (Wildman–Crippen LogP) is 1.68. The van der Waals surface area contributed by atoms with Crippen LogP contribution in [0.3, 0.4) is 0 Å². The van der Waals surface area contributed by atoms with Gasteiger partial charge in [-0.2, -0.15) is 5.06 Å². The van der Waals surface area contributed by atoms with E-state index in [-0.39, 0.29) is 6.03 Å². The SMILES string of the molecule is CCCCCN1C(=O)N(C)C(N(O)C(=O)NC)C1(C)C. The van der Waals surface area contributed by atoms with Gasteiger partial charge in [0.2, 0.25) is 0 Å². The van der Waals surface area contributed by atoms with E-state index in [1.165, 1.54) is 11.9 Å². The summed E-state index contributed by atoms with van der Waals surface area (Å²) >= 11 is 0. The molecular formula is C13H26N4O3. The molecule has 7 nitrogen and oxygen atoms in total. The average molecular weight is 286 g/mol. The van der Waals surface area contributed by atoms with Crippen molar-refractivity contribution in [1.82, 2.24) is 20.2 Å². The Balaban J connectivity index is 2.92. The average Bonchev–Trinajstić information content (AvgIpc) is 2.56. The summed E-state index contributed by atoms with van der Waals surface area (Å²) in [4.78, 5) is 27.1. The smallest absolute Gasteiger partial charge is 0.339 e. The Kier molecular flexibility index (Phi) is 5.21. The van der Waals surface area contributed by atoms with Crippen LogP contribution in [0.2, 0.25) is 0 Å². The van der Waals surface area contributed by atoms with Gasteiger partial charge < -0.3 is 15.1 Å². The maximum atomic E-state index is 12.3. The third-order valence-electron chi connectivity index (χ3n) is 3.87. The minimum absolute atomic E-state index is 0.168. The maximum absolute atomic E-state index is 12.3. The van der Waals surface area contributed by atoms with Gasteiger partial charge in [-0.1, -0.05) is 19.8 Å². The molecule has 0 aromatic rings. The highest BCUT2D eigenvalue weighted by molar-refractivity contribution is 5.80. The molecule has 1 atom stereocenters. The van der Waals surface area contributed by atoms with Crippen molar-refractivity contribution in [2.24, 2.45) is 0 Å². The molecule has 0 bridgehead atoms. The summed E-state index contributed by atoms with van der Waals surface area (Å²) in [6.45, 7) is 6.45. The van der Waals surface area contributed by atoms with Crippen LogP contribution in [0, 0.1) is 0 Å². The highest BCUT2D eigenvalue weighted by Gasteiger charge is 2.53. The Morgan fingerprint density at radius 3 is 2.55 bits per heavy atom. The molecule has 1 unspecified atom stereocenters. The van der Waals surface area contributed by atoms with Crippen molar-refractivity contribution in [3.8, 4) is 0 Å². The van der Waals surface area contributed by atoms with Gasteiger partial charge in [0.25, 0.3) is 0 Å². The number of nitrogens with zero attached hydrogens (tertiary/aromatic N) is 3. The molecule has 1 aliphatic heterocycles. The zero-order valence-electron chi connectivity index (χ0n) is 13.0. The second kappa shape index (κ2) is 6.30. The van der Waals surface area contributed by atoms with E-state index in [0.29, 0.717) is 11.6 Å². The zero-order valence-corrected chi connectivity index (χ0v) is 13.0. The van der Waals surface area contributed by atoms with E-state index < -0.39 is 17.7 Å². The van der Waals surface area contributed by atoms with Gasteiger partial charge in [0, 0.05) is 20.6 Å². The lowest BCUT2D eigenvalue weighted by Gasteiger charge is -2.37. The number of hydrogen-bond acceptors (Lipinski definition) is 3. The number of amides is 4. The van der Waals surface area contributed by atoms with Crippen LogP contribution >= 0.6 is 0 Å². The Morgan fingerprint density at radius 1 is 1.45 bits per heavy atom. The van der Waals surface area contributed by atoms with Crippen molar-refractivity contribution in [1.29, 1.82) is 0 Å². The molecule has 116 valence electrons. The third kappa shape index (κ3) is 2.82. The van der Waals surface area contributed by atoms with Crippen LogP contribution in [-0.2, 0) is 0 Å². The Hall–Kier alpha value is -1.50. The second-order valence-corrected chi connectivity index (χ2v) is 5.68. The van der Waals surface area contributed by atoms with E-state index in [1.54, 1.807) is 11.9 Å². The van der Waals surface area contributed by atoms with E-state index in [2.05, 4.69) is 12.2 Å². The molecule has 7 heteroatoms. The number of hydrogen-bond donors (Lipinski definition) is 2. The molecule has 4 amide bonds. The summed E-state index contributed by atoms with van der Waals surface area (Å²) in [5.74, 6) is 0. The van der Waals surface area contributed by atoms with Gasteiger partial charge in [0.15, 0.2) is 6.17 Å². The van der Waals surface area contributed by atoms with E-state index in [9.17, 15) is 14.8 Å². The summed E-state index contributed by atoms with van der Waals surface area (Å²) in [6.07, 6.45) is 2.33. The molecule has 1 aliphatic rings. The third-order valence-corrected chi connectivity index (χ3v) is 3.87. The molecule has 0 aromatic carbocycles. The number of nitrogens with one attached hydrogen (secondary N) is 1. The monoisotopic (exact) mass is 286 g/mol. The topological polar surface area (TPSA) is 76.1 Å². The van der Waals surface area contributed by atoms with Crippen LogP contribution in [-0.4, -0.2) is 64.5 Å². The quantitative estimate of drug-likeness (QED) is 0.458. The molecule has 20 heavy (non-hydrogen) atoms. The number of carbonyl (C=O) groups excluding carboxylic acids is 2. The summed E-state index contributed by atoms with van der Waals surface area (Å²) in [6, 6.07) is -0.794. The van der Waals surface area contributed by atoms with Gasteiger partial charge in [-0.15, -0.1) is 0 Å². The number of unbranched alkanes of at least 4 members (excludes halogenated alkanes) is 2. The van der Waals surface area contributed by atoms with Crippen LogP contribution in [0.1, 0.15) is 40.0 Å². The molecular weight excluding hydrogens is 260 g/mol.